The maximum absolute atomic E-state index is 9.81. The summed E-state index contributed by atoms with van der Waals surface area (Å²) in [6, 6.07) is 5.31. The first-order chi connectivity index (χ1) is 9.24. The molecule has 0 aliphatic rings. The first-order valence-electron chi connectivity index (χ1n) is 5.64. The minimum absolute atomic E-state index is 0.262. The van der Waals surface area contributed by atoms with Gasteiger partial charge in [-0.2, -0.15) is 0 Å². The molecule has 0 bridgehead atoms. The maximum atomic E-state index is 9.81. The van der Waals surface area contributed by atoms with Gasteiger partial charge in [-0.3, -0.25) is 4.98 Å². The fourth-order valence-electron chi connectivity index (χ4n) is 1.74. The number of azo groups is 1. The van der Waals surface area contributed by atoms with Crippen LogP contribution in [0.15, 0.2) is 47.0 Å². The van der Waals surface area contributed by atoms with Crippen LogP contribution in [0.1, 0.15) is 4.88 Å². The summed E-state index contributed by atoms with van der Waals surface area (Å²) in [5.74, 6) is 0.717. The smallest absolute Gasteiger partial charge is 0.192 e. The maximum Gasteiger partial charge on any atom is 0.192 e. The van der Waals surface area contributed by atoms with Gasteiger partial charge in [-0.25, -0.2) is 4.98 Å². The molecule has 19 heavy (non-hydrogen) atoms. The molecule has 1 N–H and O–H groups in total. The Balaban J connectivity index is 2.06. The summed E-state index contributed by atoms with van der Waals surface area (Å²) in [6.07, 6.45) is 4.69. The van der Waals surface area contributed by atoms with Crippen LogP contribution in [0.4, 0.5) is 11.5 Å². The predicted molar refractivity (Wildman–Crippen MR) is 74.4 cm³/mol. The van der Waals surface area contributed by atoms with Gasteiger partial charge in [0.1, 0.15) is 11.4 Å². The highest BCUT2D eigenvalue weighted by Crippen LogP contribution is 2.38. The molecule has 2 heterocycles. The molecule has 0 saturated carbocycles. The number of aryl methyl sites for hydroxylation is 1. The molecule has 5 nitrogen and oxygen atoms in total. The number of thiophene rings is 1. The second-order valence-electron chi connectivity index (χ2n) is 3.97. The summed E-state index contributed by atoms with van der Waals surface area (Å²) < 4.78 is 0.921. The van der Waals surface area contributed by atoms with E-state index in [-0.39, 0.29) is 5.75 Å². The molecule has 0 fully saturated rings. The molecule has 0 saturated heterocycles. The molecule has 0 radical (unpaired) electrons. The van der Waals surface area contributed by atoms with Crippen LogP contribution in [0, 0.1) is 6.92 Å². The van der Waals surface area contributed by atoms with E-state index >= 15 is 0 Å². The fourth-order valence-corrected chi connectivity index (χ4v) is 2.73. The van der Waals surface area contributed by atoms with E-state index < -0.39 is 0 Å². The second-order valence-corrected chi connectivity index (χ2v) is 5.22. The number of hydrogen-bond acceptors (Lipinski definition) is 6. The summed E-state index contributed by atoms with van der Waals surface area (Å²) in [5.41, 5.74) is 0.719. The van der Waals surface area contributed by atoms with Crippen molar-refractivity contribution < 1.29 is 5.11 Å². The lowest BCUT2D eigenvalue weighted by molar-refractivity contribution is 0.482. The average Bonchev–Trinajstić information content (AvgIpc) is 2.82. The zero-order valence-electron chi connectivity index (χ0n) is 10.1. The number of fused-ring (bicyclic) bond motifs is 1. The molecule has 94 valence electrons. The van der Waals surface area contributed by atoms with E-state index in [9.17, 15) is 5.11 Å². The van der Waals surface area contributed by atoms with E-state index in [4.69, 9.17) is 0 Å². The van der Waals surface area contributed by atoms with Gasteiger partial charge in [0.2, 0.25) is 0 Å². The van der Waals surface area contributed by atoms with Crippen molar-refractivity contribution >= 4 is 32.9 Å². The number of phenols is 1. The Morgan fingerprint density at radius 3 is 2.89 bits per heavy atom. The fraction of sp³-hybridized carbons (Fsp3) is 0.0769. The van der Waals surface area contributed by atoms with Gasteiger partial charge in [-0.05, 0) is 25.1 Å². The SMILES string of the molecule is Cc1cc2c(O)ccc(N=Nc3cnccn3)c2s1. The van der Waals surface area contributed by atoms with Crippen molar-refractivity contribution in [1.29, 1.82) is 0 Å². The van der Waals surface area contributed by atoms with E-state index in [1.54, 1.807) is 42.1 Å². The highest BCUT2D eigenvalue weighted by molar-refractivity contribution is 7.19. The lowest BCUT2D eigenvalue weighted by Crippen LogP contribution is -1.73. The minimum Gasteiger partial charge on any atom is -0.507 e. The molecule has 6 heteroatoms. The molecule has 0 aliphatic carbocycles. The van der Waals surface area contributed by atoms with Crippen LogP contribution in [0.25, 0.3) is 10.1 Å². The van der Waals surface area contributed by atoms with E-state index in [0.29, 0.717) is 5.82 Å². The summed E-state index contributed by atoms with van der Waals surface area (Å²) in [5, 5.41) is 18.8. The first kappa shape index (κ1) is 11.7. The average molecular weight is 270 g/mol. The largest absolute Gasteiger partial charge is 0.507 e. The van der Waals surface area contributed by atoms with Gasteiger partial charge in [0.05, 0.1) is 10.9 Å². The van der Waals surface area contributed by atoms with Crippen molar-refractivity contribution in [3.8, 4) is 5.75 Å². The summed E-state index contributed by atoms with van der Waals surface area (Å²) in [7, 11) is 0. The van der Waals surface area contributed by atoms with Gasteiger partial charge in [0.15, 0.2) is 5.82 Å². The van der Waals surface area contributed by atoms with Gasteiger partial charge >= 0.3 is 0 Å². The van der Waals surface area contributed by atoms with Crippen LogP contribution in [0.2, 0.25) is 0 Å². The van der Waals surface area contributed by atoms with E-state index in [1.807, 2.05) is 13.0 Å². The molecular weight excluding hydrogens is 260 g/mol. The number of nitrogens with zero attached hydrogens (tertiary/aromatic N) is 4. The molecule has 0 aliphatic heterocycles. The van der Waals surface area contributed by atoms with Gasteiger partial charge < -0.3 is 5.11 Å². The van der Waals surface area contributed by atoms with Gasteiger partial charge in [-0.1, -0.05) is 0 Å². The molecule has 0 spiro atoms. The molecule has 2 aromatic heterocycles. The summed E-state index contributed by atoms with van der Waals surface area (Å²) in [4.78, 5) is 9.07. The lowest BCUT2D eigenvalue weighted by Gasteiger charge is -1.97. The van der Waals surface area contributed by atoms with Crippen molar-refractivity contribution in [2.45, 2.75) is 6.92 Å². The van der Waals surface area contributed by atoms with E-state index in [0.717, 1.165) is 20.7 Å². The first-order valence-corrected chi connectivity index (χ1v) is 6.45. The summed E-state index contributed by atoms with van der Waals surface area (Å²) in [6.45, 7) is 1.99. The van der Waals surface area contributed by atoms with E-state index in [2.05, 4.69) is 20.2 Å². The van der Waals surface area contributed by atoms with Gasteiger partial charge in [0.25, 0.3) is 0 Å². The number of aromatic hydroxyl groups is 1. The Bertz CT molecular complexity index is 752. The molecule has 3 aromatic rings. The zero-order valence-corrected chi connectivity index (χ0v) is 10.9. The van der Waals surface area contributed by atoms with Crippen molar-refractivity contribution in [2.75, 3.05) is 0 Å². The third-order valence-electron chi connectivity index (χ3n) is 2.57. The normalized spacial score (nSPS) is 11.4. The molecule has 0 unspecified atom stereocenters. The molecular formula is C13H10N4OS. The van der Waals surface area contributed by atoms with Crippen LogP contribution in [0.5, 0.6) is 5.75 Å². The van der Waals surface area contributed by atoms with Crippen molar-refractivity contribution in [3.63, 3.8) is 0 Å². The van der Waals surface area contributed by atoms with Crippen molar-refractivity contribution in [2.24, 2.45) is 10.2 Å². The van der Waals surface area contributed by atoms with Crippen molar-refractivity contribution in [3.05, 3.63) is 41.7 Å². The number of rotatable bonds is 2. The van der Waals surface area contributed by atoms with Crippen LogP contribution < -0.4 is 0 Å². The monoisotopic (exact) mass is 270 g/mol. The van der Waals surface area contributed by atoms with Crippen LogP contribution >= 0.6 is 11.3 Å². The number of phenolic OH excluding ortho intramolecular Hbond substituents is 1. The Kier molecular flexibility index (Phi) is 2.92. The third-order valence-corrected chi connectivity index (χ3v) is 3.65. The molecule has 1 aromatic carbocycles. The third kappa shape index (κ3) is 2.30. The quantitative estimate of drug-likeness (QED) is 0.712. The van der Waals surface area contributed by atoms with Crippen LogP contribution in [-0.4, -0.2) is 15.1 Å². The van der Waals surface area contributed by atoms with Crippen LogP contribution in [0.3, 0.4) is 0 Å². The Labute approximate surface area is 113 Å². The van der Waals surface area contributed by atoms with Crippen LogP contribution in [-0.2, 0) is 0 Å². The molecule has 3 rings (SSSR count). The number of hydrogen-bond donors (Lipinski definition) is 1. The zero-order chi connectivity index (χ0) is 13.2. The molecule has 0 amide bonds. The van der Waals surface area contributed by atoms with Gasteiger partial charge in [0, 0.05) is 22.7 Å². The standard InChI is InChI=1S/C13H10N4OS/c1-8-6-9-11(18)3-2-10(13(9)19-8)16-17-12-7-14-4-5-15-12/h2-7,18H,1H3. The second kappa shape index (κ2) is 4.74. The Morgan fingerprint density at radius 1 is 1.21 bits per heavy atom. The predicted octanol–water partition coefficient (Wildman–Crippen LogP) is 4.12. The number of aromatic nitrogens is 2. The highest BCUT2D eigenvalue weighted by atomic mass is 32.1. The molecule has 0 atom stereocenters. The topological polar surface area (TPSA) is 70.7 Å². The minimum atomic E-state index is 0.262. The Morgan fingerprint density at radius 2 is 2.11 bits per heavy atom. The van der Waals surface area contributed by atoms with Gasteiger partial charge in [-0.15, -0.1) is 21.6 Å². The van der Waals surface area contributed by atoms with Crippen molar-refractivity contribution in [1.82, 2.24) is 9.97 Å². The summed E-state index contributed by atoms with van der Waals surface area (Å²) >= 11 is 1.58. The highest BCUT2D eigenvalue weighted by Gasteiger charge is 2.08. The van der Waals surface area contributed by atoms with E-state index in [1.165, 1.54) is 0 Å². The lowest BCUT2D eigenvalue weighted by atomic mass is 10.2. The Hall–Kier alpha value is -2.34. The number of benzene rings is 1.